The molecule has 1 atom stereocenters. The van der Waals surface area contributed by atoms with Gasteiger partial charge < -0.3 is 10.1 Å². The van der Waals surface area contributed by atoms with Crippen LogP contribution in [-0.4, -0.2) is 38.8 Å². The highest BCUT2D eigenvalue weighted by Crippen LogP contribution is 2.18. The Kier molecular flexibility index (Phi) is 5.51. The second-order valence-electron chi connectivity index (χ2n) is 3.99. The highest BCUT2D eigenvalue weighted by molar-refractivity contribution is 4.74. The summed E-state index contributed by atoms with van der Waals surface area (Å²) in [5.74, 6) is 0.486. The van der Waals surface area contributed by atoms with Crippen molar-refractivity contribution in [2.24, 2.45) is 5.92 Å². The van der Waals surface area contributed by atoms with Gasteiger partial charge in [-0.25, -0.2) is 0 Å². The molecule has 1 aliphatic rings. The molecule has 1 aliphatic heterocycles. The Balaban J connectivity index is 2.07. The predicted octanol–water partition coefficient (Wildman–Crippen LogP) is 1.93. The van der Waals surface area contributed by atoms with E-state index in [0.29, 0.717) is 5.92 Å². The molecule has 16 heavy (non-hydrogen) atoms. The third kappa shape index (κ3) is 5.67. The average Bonchev–Trinajstić information content (AvgIpc) is 2.24. The summed E-state index contributed by atoms with van der Waals surface area (Å²) in [7, 11) is 0. The van der Waals surface area contributed by atoms with Crippen molar-refractivity contribution in [2.75, 3.05) is 26.4 Å². The lowest BCUT2D eigenvalue weighted by Gasteiger charge is -2.28. The SMILES string of the molecule is CC(NCCOC(F)(F)F)C1CCOCC1. The van der Waals surface area contributed by atoms with Crippen molar-refractivity contribution < 1.29 is 22.6 Å². The van der Waals surface area contributed by atoms with Crippen LogP contribution in [0, 0.1) is 5.92 Å². The maximum absolute atomic E-state index is 11.7. The van der Waals surface area contributed by atoms with E-state index in [9.17, 15) is 13.2 Å². The topological polar surface area (TPSA) is 30.5 Å². The van der Waals surface area contributed by atoms with E-state index in [1.807, 2.05) is 6.92 Å². The first-order valence-corrected chi connectivity index (χ1v) is 5.51. The van der Waals surface area contributed by atoms with E-state index in [0.717, 1.165) is 26.1 Å². The number of hydrogen-bond acceptors (Lipinski definition) is 3. The van der Waals surface area contributed by atoms with E-state index in [2.05, 4.69) is 10.1 Å². The van der Waals surface area contributed by atoms with E-state index in [-0.39, 0.29) is 19.2 Å². The van der Waals surface area contributed by atoms with Crippen LogP contribution in [0.25, 0.3) is 0 Å². The second kappa shape index (κ2) is 6.42. The molecule has 1 saturated heterocycles. The van der Waals surface area contributed by atoms with Crippen LogP contribution in [0.4, 0.5) is 13.2 Å². The van der Waals surface area contributed by atoms with Crippen LogP contribution in [0.1, 0.15) is 19.8 Å². The Labute approximate surface area is 93.3 Å². The highest BCUT2D eigenvalue weighted by Gasteiger charge is 2.28. The summed E-state index contributed by atoms with van der Waals surface area (Å²) < 4.78 is 43.9. The summed E-state index contributed by atoms with van der Waals surface area (Å²) in [5.41, 5.74) is 0. The molecule has 0 aliphatic carbocycles. The molecule has 1 fully saturated rings. The zero-order chi connectivity index (χ0) is 12.0. The molecule has 0 bridgehead atoms. The summed E-state index contributed by atoms with van der Waals surface area (Å²) in [6, 6.07) is 0.209. The minimum atomic E-state index is -4.52. The molecule has 1 heterocycles. The van der Waals surface area contributed by atoms with E-state index in [1.54, 1.807) is 0 Å². The molecule has 0 spiro atoms. The fourth-order valence-electron chi connectivity index (χ4n) is 1.84. The standard InChI is InChI=1S/C10H18F3NO2/c1-8(9-2-5-15-6-3-9)14-4-7-16-10(11,12)13/h8-9,14H,2-7H2,1H3. The number of rotatable bonds is 5. The van der Waals surface area contributed by atoms with Gasteiger partial charge in [0.05, 0.1) is 6.61 Å². The minimum absolute atomic E-state index is 0.209. The van der Waals surface area contributed by atoms with Gasteiger partial charge in [-0.1, -0.05) is 0 Å². The fraction of sp³-hybridized carbons (Fsp3) is 1.00. The number of halogens is 3. The summed E-state index contributed by atoms with van der Waals surface area (Å²) in [6.45, 7) is 3.37. The van der Waals surface area contributed by atoms with Gasteiger partial charge in [0.15, 0.2) is 0 Å². The van der Waals surface area contributed by atoms with Crippen molar-refractivity contribution in [3.63, 3.8) is 0 Å². The Morgan fingerprint density at radius 2 is 2.00 bits per heavy atom. The van der Waals surface area contributed by atoms with Crippen LogP contribution in [0.15, 0.2) is 0 Å². The normalized spacial score (nSPS) is 21.0. The lowest BCUT2D eigenvalue weighted by Crippen LogP contribution is -2.38. The van der Waals surface area contributed by atoms with Crippen LogP contribution in [-0.2, 0) is 9.47 Å². The molecule has 1 N–H and O–H groups in total. The van der Waals surface area contributed by atoms with Crippen LogP contribution < -0.4 is 5.32 Å². The van der Waals surface area contributed by atoms with Crippen molar-refractivity contribution in [3.05, 3.63) is 0 Å². The third-order valence-electron chi connectivity index (χ3n) is 2.81. The first-order valence-electron chi connectivity index (χ1n) is 5.51. The summed E-state index contributed by atoms with van der Waals surface area (Å²) in [4.78, 5) is 0. The number of ether oxygens (including phenoxy) is 2. The van der Waals surface area contributed by atoms with Gasteiger partial charge in [0.25, 0.3) is 0 Å². The minimum Gasteiger partial charge on any atom is -0.381 e. The second-order valence-corrected chi connectivity index (χ2v) is 3.99. The van der Waals surface area contributed by atoms with Crippen molar-refractivity contribution in [2.45, 2.75) is 32.2 Å². The van der Waals surface area contributed by atoms with Crippen LogP contribution in [0.3, 0.4) is 0 Å². The summed E-state index contributed by atoms with van der Waals surface area (Å²) in [5, 5.41) is 3.04. The molecule has 1 unspecified atom stereocenters. The largest absolute Gasteiger partial charge is 0.522 e. The molecular formula is C10H18F3NO2. The molecule has 0 aromatic carbocycles. The third-order valence-corrected chi connectivity index (χ3v) is 2.81. The van der Waals surface area contributed by atoms with Crippen LogP contribution in [0.2, 0.25) is 0 Å². The maximum Gasteiger partial charge on any atom is 0.522 e. The van der Waals surface area contributed by atoms with Crippen LogP contribution in [0.5, 0.6) is 0 Å². The Morgan fingerprint density at radius 3 is 2.56 bits per heavy atom. The molecule has 0 radical (unpaired) electrons. The summed E-state index contributed by atoms with van der Waals surface area (Å²) in [6.07, 6.45) is -2.59. The fourth-order valence-corrected chi connectivity index (χ4v) is 1.84. The highest BCUT2D eigenvalue weighted by atomic mass is 19.4. The smallest absolute Gasteiger partial charge is 0.381 e. The monoisotopic (exact) mass is 241 g/mol. The lowest BCUT2D eigenvalue weighted by atomic mass is 9.93. The molecule has 96 valence electrons. The molecule has 0 aromatic heterocycles. The predicted molar refractivity (Wildman–Crippen MR) is 53.0 cm³/mol. The van der Waals surface area contributed by atoms with Gasteiger partial charge in [0.1, 0.15) is 0 Å². The maximum atomic E-state index is 11.7. The van der Waals surface area contributed by atoms with Crippen LogP contribution >= 0.6 is 0 Å². The quantitative estimate of drug-likeness (QED) is 0.746. The molecule has 1 rings (SSSR count). The average molecular weight is 241 g/mol. The Hall–Kier alpha value is -0.330. The van der Waals surface area contributed by atoms with E-state index in [4.69, 9.17) is 4.74 Å². The Morgan fingerprint density at radius 1 is 1.38 bits per heavy atom. The zero-order valence-corrected chi connectivity index (χ0v) is 9.35. The van der Waals surface area contributed by atoms with Gasteiger partial charge in [0, 0.05) is 25.8 Å². The molecule has 6 heteroatoms. The van der Waals surface area contributed by atoms with Crippen molar-refractivity contribution in [1.82, 2.24) is 5.32 Å². The van der Waals surface area contributed by atoms with Gasteiger partial charge in [0.2, 0.25) is 0 Å². The molecular weight excluding hydrogens is 223 g/mol. The molecule has 3 nitrogen and oxygen atoms in total. The van der Waals surface area contributed by atoms with Gasteiger partial charge in [-0.15, -0.1) is 13.2 Å². The van der Waals surface area contributed by atoms with Gasteiger partial charge in [-0.3, -0.25) is 4.74 Å². The van der Waals surface area contributed by atoms with Crippen molar-refractivity contribution in [3.8, 4) is 0 Å². The number of alkyl halides is 3. The molecule has 0 saturated carbocycles. The summed E-state index contributed by atoms with van der Waals surface area (Å²) >= 11 is 0. The first-order chi connectivity index (χ1) is 7.49. The van der Waals surface area contributed by atoms with E-state index in [1.165, 1.54) is 0 Å². The molecule has 0 amide bonds. The van der Waals surface area contributed by atoms with E-state index < -0.39 is 6.36 Å². The number of nitrogens with one attached hydrogen (secondary N) is 1. The zero-order valence-electron chi connectivity index (χ0n) is 9.35. The van der Waals surface area contributed by atoms with Crippen molar-refractivity contribution in [1.29, 1.82) is 0 Å². The Bertz CT molecular complexity index is 193. The lowest BCUT2D eigenvalue weighted by molar-refractivity contribution is -0.323. The van der Waals surface area contributed by atoms with Gasteiger partial charge >= 0.3 is 6.36 Å². The molecule has 0 aromatic rings. The van der Waals surface area contributed by atoms with Gasteiger partial charge in [-0.05, 0) is 25.7 Å². The van der Waals surface area contributed by atoms with Crippen molar-refractivity contribution >= 4 is 0 Å². The number of hydrogen-bond donors (Lipinski definition) is 1. The first kappa shape index (κ1) is 13.7. The van der Waals surface area contributed by atoms with E-state index >= 15 is 0 Å². The van der Waals surface area contributed by atoms with Gasteiger partial charge in [-0.2, -0.15) is 0 Å².